The number of hydrogen-bond donors (Lipinski definition) is 1. The highest BCUT2D eigenvalue weighted by Gasteiger charge is 2.37. The molecule has 120 valence electrons. The predicted molar refractivity (Wildman–Crippen MR) is 87.9 cm³/mol. The van der Waals surface area contributed by atoms with E-state index in [-0.39, 0.29) is 12.5 Å². The maximum Gasteiger partial charge on any atom is 0.265 e. The number of benzene rings is 2. The fraction of sp³-hybridized carbons (Fsp3) is 0.312. The van der Waals surface area contributed by atoms with Gasteiger partial charge in [0.15, 0.2) is 0 Å². The molecule has 1 N–H and O–H groups in total. The van der Waals surface area contributed by atoms with Gasteiger partial charge in [-0.05, 0) is 17.5 Å². The van der Waals surface area contributed by atoms with E-state index >= 15 is 0 Å². The van der Waals surface area contributed by atoms with Gasteiger partial charge in [0, 0.05) is 31.6 Å². The van der Waals surface area contributed by atoms with E-state index in [0.29, 0.717) is 29.1 Å². The highest BCUT2D eigenvalue weighted by atomic mass is 32.2. The van der Waals surface area contributed by atoms with Gasteiger partial charge < -0.3 is 10.2 Å². The van der Waals surface area contributed by atoms with Crippen LogP contribution in [-0.4, -0.2) is 51.9 Å². The molecule has 0 radical (unpaired) electrons. The lowest BCUT2D eigenvalue weighted by molar-refractivity contribution is -0.130. The Labute approximate surface area is 134 Å². The Balaban J connectivity index is 1.73. The summed E-state index contributed by atoms with van der Waals surface area (Å²) >= 11 is 0. The fourth-order valence-electron chi connectivity index (χ4n) is 3.27. The third kappa shape index (κ3) is 2.19. The summed E-state index contributed by atoms with van der Waals surface area (Å²) < 4.78 is 26.9. The minimum absolute atomic E-state index is 0.143. The predicted octanol–water partition coefficient (Wildman–Crippen LogP) is 0.780. The van der Waals surface area contributed by atoms with Crippen LogP contribution in [0.4, 0.5) is 5.69 Å². The fourth-order valence-corrected chi connectivity index (χ4v) is 4.93. The van der Waals surface area contributed by atoms with Crippen molar-refractivity contribution in [3.8, 4) is 0 Å². The van der Waals surface area contributed by atoms with E-state index in [1.807, 2.05) is 18.2 Å². The topological polar surface area (TPSA) is 69.7 Å². The van der Waals surface area contributed by atoms with Gasteiger partial charge in [-0.15, -0.1) is 0 Å². The third-order valence-electron chi connectivity index (χ3n) is 4.43. The lowest BCUT2D eigenvalue weighted by Gasteiger charge is -2.29. The first-order chi connectivity index (χ1) is 11.1. The van der Waals surface area contributed by atoms with E-state index in [2.05, 4.69) is 5.32 Å². The molecule has 2 heterocycles. The van der Waals surface area contributed by atoms with Crippen LogP contribution >= 0.6 is 0 Å². The zero-order valence-electron chi connectivity index (χ0n) is 12.5. The van der Waals surface area contributed by atoms with Crippen LogP contribution in [0.1, 0.15) is 0 Å². The number of carbonyl (C=O) groups excluding carboxylic acids is 1. The van der Waals surface area contributed by atoms with Gasteiger partial charge in [-0.3, -0.25) is 9.10 Å². The Hall–Kier alpha value is -2.12. The lowest BCUT2D eigenvalue weighted by atomic mass is 10.1. The molecular formula is C16H17N3O3S. The summed E-state index contributed by atoms with van der Waals surface area (Å²) in [5, 5.41) is 4.77. The smallest absolute Gasteiger partial charge is 0.265 e. The van der Waals surface area contributed by atoms with Crippen LogP contribution in [0.15, 0.2) is 41.3 Å². The van der Waals surface area contributed by atoms with Crippen LogP contribution < -0.4 is 9.62 Å². The van der Waals surface area contributed by atoms with Gasteiger partial charge in [0.25, 0.3) is 10.0 Å². The van der Waals surface area contributed by atoms with Gasteiger partial charge >= 0.3 is 0 Å². The van der Waals surface area contributed by atoms with Crippen molar-refractivity contribution >= 4 is 32.4 Å². The summed E-state index contributed by atoms with van der Waals surface area (Å²) in [6, 6.07) is 10.7. The molecule has 1 fully saturated rings. The third-order valence-corrected chi connectivity index (χ3v) is 6.23. The number of amides is 1. The molecule has 2 aromatic rings. The van der Waals surface area contributed by atoms with Crippen LogP contribution in [0.5, 0.6) is 0 Å². The second-order valence-electron chi connectivity index (χ2n) is 5.77. The molecule has 0 bridgehead atoms. The normalized spacial score (nSPS) is 19.3. The minimum atomic E-state index is -3.66. The van der Waals surface area contributed by atoms with Crippen LogP contribution in [0.3, 0.4) is 0 Å². The van der Waals surface area contributed by atoms with Crippen molar-refractivity contribution in [2.24, 2.45) is 0 Å². The maximum atomic E-state index is 12.8. The van der Waals surface area contributed by atoms with Crippen molar-refractivity contribution in [3.63, 3.8) is 0 Å². The maximum absolute atomic E-state index is 12.8. The molecule has 2 aliphatic rings. The summed E-state index contributed by atoms with van der Waals surface area (Å²) in [6.45, 7) is 2.58. The molecule has 6 nitrogen and oxygen atoms in total. The second-order valence-corrected chi connectivity index (χ2v) is 7.60. The monoisotopic (exact) mass is 331 g/mol. The Morgan fingerprint density at radius 3 is 2.52 bits per heavy atom. The van der Waals surface area contributed by atoms with Crippen molar-refractivity contribution in [2.75, 3.05) is 37.0 Å². The van der Waals surface area contributed by atoms with E-state index in [1.165, 1.54) is 4.31 Å². The first-order valence-corrected chi connectivity index (χ1v) is 9.06. The molecule has 0 aliphatic carbocycles. The summed E-state index contributed by atoms with van der Waals surface area (Å²) in [6.07, 6.45) is 0. The van der Waals surface area contributed by atoms with Crippen molar-refractivity contribution < 1.29 is 13.2 Å². The minimum Gasteiger partial charge on any atom is -0.339 e. The van der Waals surface area contributed by atoms with Gasteiger partial charge in [0.05, 0.1) is 10.6 Å². The molecule has 4 rings (SSSR count). The molecule has 23 heavy (non-hydrogen) atoms. The summed E-state index contributed by atoms with van der Waals surface area (Å²) in [4.78, 5) is 14.5. The average Bonchev–Trinajstić information content (AvgIpc) is 2.79. The molecule has 0 spiro atoms. The van der Waals surface area contributed by atoms with Gasteiger partial charge in [-0.2, -0.15) is 0 Å². The van der Waals surface area contributed by atoms with E-state index in [4.69, 9.17) is 0 Å². The molecule has 1 amide bonds. The number of sulfonamides is 1. The SMILES string of the molecule is O=C(CN1c2cccc3cccc(c23)S1(=O)=O)N1CCNCC1. The van der Waals surface area contributed by atoms with E-state index in [1.54, 1.807) is 23.1 Å². The number of carbonyl (C=O) groups is 1. The van der Waals surface area contributed by atoms with Gasteiger partial charge in [0.1, 0.15) is 6.54 Å². The number of nitrogens with zero attached hydrogens (tertiary/aromatic N) is 2. The zero-order valence-corrected chi connectivity index (χ0v) is 13.3. The molecule has 0 saturated carbocycles. The van der Waals surface area contributed by atoms with Crippen molar-refractivity contribution in [1.82, 2.24) is 10.2 Å². The highest BCUT2D eigenvalue weighted by Crippen LogP contribution is 2.41. The second kappa shape index (κ2) is 5.21. The molecule has 2 aromatic carbocycles. The Kier molecular flexibility index (Phi) is 3.28. The summed E-state index contributed by atoms with van der Waals surface area (Å²) in [5.74, 6) is -0.153. The van der Waals surface area contributed by atoms with Crippen LogP contribution in [0.25, 0.3) is 10.8 Å². The van der Waals surface area contributed by atoms with Crippen molar-refractivity contribution in [3.05, 3.63) is 36.4 Å². The van der Waals surface area contributed by atoms with E-state index in [0.717, 1.165) is 18.5 Å². The zero-order chi connectivity index (χ0) is 16.0. The number of rotatable bonds is 2. The molecule has 7 heteroatoms. The standard InChI is InChI=1S/C16H17N3O3S/c20-15(18-9-7-17-8-10-18)11-19-13-5-1-3-12-4-2-6-14(16(12)13)23(19,21)22/h1-6,17H,7-11H2. The summed E-state index contributed by atoms with van der Waals surface area (Å²) in [5.41, 5.74) is 0.599. The van der Waals surface area contributed by atoms with Crippen LogP contribution in [0, 0.1) is 0 Å². The van der Waals surface area contributed by atoms with Crippen molar-refractivity contribution in [1.29, 1.82) is 0 Å². The Bertz CT molecular complexity index is 883. The average molecular weight is 331 g/mol. The van der Waals surface area contributed by atoms with Gasteiger partial charge in [-0.1, -0.05) is 24.3 Å². The Morgan fingerprint density at radius 2 is 1.78 bits per heavy atom. The van der Waals surface area contributed by atoms with Crippen LogP contribution in [-0.2, 0) is 14.8 Å². The van der Waals surface area contributed by atoms with Gasteiger partial charge in [0.2, 0.25) is 5.91 Å². The molecule has 2 aliphatic heterocycles. The van der Waals surface area contributed by atoms with E-state index < -0.39 is 10.0 Å². The largest absolute Gasteiger partial charge is 0.339 e. The number of piperazine rings is 1. The first-order valence-electron chi connectivity index (χ1n) is 7.62. The number of nitrogens with one attached hydrogen (secondary N) is 1. The summed E-state index contributed by atoms with van der Waals surface area (Å²) in [7, 11) is -3.66. The lowest BCUT2D eigenvalue weighted by Crippen LogP contribution is -2.50. The molecular weight excluding hydrogens is 314 g/mol. The molecule has 0 aromatic heterocycles. The Morgan fingerprint density at radius 1 is 1.09 bits per heavy atom. The number of anilines is 1. The van der Waals surface area contributed by atoms with E-state index in [9.17, 15) is 13.2 Å². The van der Waals surface area contributed by atoms with Crippen LogP contribution in [0.2, 0.25) is 0 Å². The van der Waals surface area contributed by atoms with Crippen molar-refractivity contribution in [2.45, 2.75) is 4.90 Å². The molecule has 0 atom stereocenters. The molecule has 0 unspecified atom stereocenters. The number of hydrogen-bond acceptors (Lipinski definition) is 4. The highest BCUT2D eigenvalue weighted by molar-refractivity contribution is 7.93. The first kappa shape index (κ1) is 14.5. The molecule has 1 saturated heterocycles. The van der Waals surface area contributed by atoms with Gasteiger partial charge in [-0.25, -0.2) is 8.42 Å². The quantitative estimate of drug-likeness (QED) is 0.883.